The van der Waals surface area contributed by atoms with E-state index in [1.807, 2.05) is 29.2 Å². The third-order valence-electron chi connectivity index (χ3n) is 3.77. The van der Waals surface area contributed by atoms with Crippen molar-refractivity contribution in [2.75, 3.05) is 11.9 Å². The molecule has 1 aromatic rings. The molecular weight excluding hydrogens is 238 g/mol. The Hall–Kier alpha value is -1.86. The molecule has 2 atom stereocenters. The molecule has 0 bridgehead atoms. The molecule has 0 radical (unpaired) electrons. The molecule has 0 aromatic heterocycles. The Kier molecular flexibility index (Phi) is 4.18. The van der Waals surface area contributed by atoms with Crippen molar-refractivity contribution in [3.8, 4) is 6.07 Å². The normalized spacial score (nSPS) is 20.9. The molecule has 4 nitrogen and oxygen atoms in total. The number of nitriles is 1. The van der Waals surface area contributed by atoms with Gasteiger partial charge in [0.25, 0.3) is 0 Å². The van der Waals surface area contributed by atoms with Gasteiger partial charge < -0.3 is 5.32 Å². The summed E-state index contributed by atoms with van der Waals surface area (Å²) >= 11 is 0. The Morgan fingerprint density at radius 2 is 2.26 bits per heavy atom. The third kappa shape index (κ3) is 2.77. The number of rotatable bonds is 3. The van der Waals surface area contributed by atoms with E-state index in [0.29, 0.717) is 6.54 Å². The number of benzene rings is 1. The van der Waals surface area contributed by atoms with E-state index in [4.69, 9.17) is 5.26 Å². The highest BCUT2D eigenvalue weighted by atomic mass is 16.2. The molecule has 19 heavy (non-hydrogen) atoms. The van der Waals surface area contributed by atoms with Crippen LogP contribution in [0.3, 0.4) is 0 Å². The summed E-state index contributed by atoms with van der Waals surface area (Å²) in [7, 11) is 0. The van der Waals surface area contributed by atoms with Crippen molar-refractivity contribution in [1.82, 2.24) is 4.90 Å². The van der Waals surface area contributed by atoms with Crippen LogP contribution in [-0.2, 0) is 11.3 Å². The number of hydrogen-bond acceptors (Lipinski definition) is 3. The lowest BCUT2D eigenvalue weighted by Crippen LogP contribution is -2.46. The van der Waals surface area contributed by atoms with Gasteiger partial charge in [0, 0.05) is 12.2 Å². The molecule has 0 saturated heterocycles. The second kappa shape index (κ2) is 5.85. The minimum absolute atomic E-state index is 0.00505. The maximum absolute atomic E-state index is 12.4. The van der Waals surface area contributed by atoms with Crippen LogP contribution in [0.2, 0.25) is 0 Å². The lowest BCUT2D eigenvalue weighted by atomic mass is 9.97. The summed E-state index contributed by atoms with van der Waals surface area (Å²) in [5.41, 5.74) is 1.93. The molecule has 1 aliphatic heterocycles. The number of nitrogens with one attached hydrogen (secondary N) is 1. The van der Waals surface area contributed by atoms with Gasteiger partial charge in [-0.15, -0.1) is 0 Å². The van der Waals surface area contributed by atoms with Gasteiger partial charge in [-0.1, -0.05) is 38.5 Å². The fraction of sp³-hybridized carbons (Fsp3) is 0.467. The highest BCUT2D eigenvalue weighted by molar-refractivity contribution is 5.96. The van der Waals surface area contributed by atoms with Crippen LogP contribution in [0, 0.1) is 17.2 Å². The number of para-hydroxylation sites is 1. The summed E-state index contributed by atoms with van der Waals surface area (Å²) in [4.78, 5) is 14.4. The predicted octanol–water partition coefficient (Wildman–Crippen LogP) is 2.38. The van der Waals surface area contributed by atoms with Crippen molar-refractivity contribution in [3.05, 3.63) is 29.8 Å². The molecule has 100 valence electrons. The average molecular weight is 257 g/mol. The molecule has 1 heterocycles. The van der Waals surface area contributed by atoms with Crippen LogP contribution in [0.1, 0.15) is 25.8 Å². The summed E-state index contributed by atoms with van der Waals surface area (Å²) in [6, 6.07) is 9.72. The van der Waals surface area contributed by atoms with E-state index in [0.717, 1.165) is 17.7 Å². The van der Waals surface area contributed by atoms with E-state index < -0.39 is 0 Å². The molecule has 0 aliphatic carbocycles. The number of nitrogens with zero attached hydrogens (tertiary/aromatic N) is 2. The van der Waals surface area contributed by atoms with Crippen molar-refractivity contribution in [3.63, 3.8) is 0 Å². The summed E-state index contributed by atoms with van der Waals surface area (Å²) < 4.78 is 0. The Balaban J connectivity index is 2.37. The SMILES string of the molecule is CC[C@H](C)[C@H]1C(=O)Nc2ccccc2CN1CC#N. The van der Waals surface area contributed by atoms with Crippen LogP contribution in [0.4, 0.5) is 5.69 Å². The zero-order chi connectivity index (χ0) is 13.8. The van der Waals surface area contributed by atoms with E-state index >= 15 is 0 Å². The monoisotopic (exact) mass is 257 g/mol. The van der Waals surface area contributed by atoms with Crippen LogP contribution in [0.5, 0.6) is 0 Å². The van der Waals surface area contributed by atoms with E-state index in [1.165, 1.54) is 0 Å². The van der Waals surface area contributed by atoms with Gasteiger partial charge in [0.15, 0.2) is 0 Å². The number of amides is 1. The zero-order valence-electron chi connectivity index (χ0n) is 11.4. The van der Waals surface area contributed by atoms with Crippen molar-refractivity contribution in [2.45, 2.75) is 32.9 Å². The molecule has 1 aliphatic rings. The maximum atomic E-state index is 12.4. The number of anilines is 1. The Bertz CT molecular complexity index is 506. The van der Waals surface area contributed by atoms with Crippen LogP contribution in [0.25, 0.3) is 0 Å². The molecule has 0 spiro atoms. The highest BCUT2D eigenvalue weighted by Crippen LogP contribution is 2.26. The molecular formula is C15H19N3O. The summed E-state index contributed by atoms with van der Waals surface area (Å²) in [6.07, 6.45) is 0.913. The molecule has 1 amide bonds. The van der Waals surface area contributed by atoms with Crippen molar-refractivity contribution >= 4 is 11.6 Å². The number of hydrogen-bond donors (Lipinski definition) is 1. The minimum Gasteiger partial charge on any atom is -0.324 e. The summed E-state index contributed by atoms with van der Waals surface area (Å²) in [5, 5.41) is 12.0. The second-order valence-corrected chi connectivity index (χ2v) is 5.04. The van der Waals surface area contributed by atoms with Gasteiger partial charge >= 0.3 is 0 Å². The van der Waals surface area contributed by atoms with E-state index in [9.17, 15) is 4.79 Å². The maximum Gasteiger partial charge on any atom is 0.242 e. The lowest BCUT2D eigenvalue weighted by Gasteiger charge is -2.30. The fourth-order valence-corrected chi connectivity index (χ4v) is 2.56. The highest BCUT2D eigenvalue weighted by Gasteiger charge is 2.33. The molecule has 0 unspecified atom stereocenters. The fourth-order valence-electron chi connectivity index (χ4n) is 2.56. The molecule has 0 saturated carbocycles. The van der Waals surface area contributed by atoms with Gasteiger partial charge in [-0.25, -0.2) is 0 Å². The summed E-state index contributed by atoms with van der Waals surface area (Å²) in [6.45, 7) is 5.04. The Labute approximate surface area is 114 Å². The summed E-state index contributed by atoms with van der Waals surface area (Å²) in [5.74, 6) is 0.220. The minimum atomic E-state index is -0.239. The Morgan fingerprint density at radius 1 is 1.53 bits per heavy atom. The van der Waals surface area contributed by atoms with Gasteiger partial charge in [-0.3, -0.25) is 9.69 Å². The van der Waals surface area contributed by atoms with Crippen molar-refractivity contribution in [1.29, 1.82) is 5.26 Å². The quantitative estimate of drug-likeness (QED) is 0.846. The van der Waals surface area contributed by atoms with Crippen LogP contribution in [-0.4, -0.2) is 23.4 Å². The third-order valence-corrected chi connectivity index (χ3v) is 3.77. The first-order chi connectivity index (χ1) is 9.17. The van der Waals surface area contributed by atoms with Gasteiger partial charge in [0.2, 0.25) is 5.91 Å². The molecule has 0 fully saturated rings. The molecule has 1 aromatic carbocycles. The van der Waals surface area contributed by atoms with Crippen molar-refractivity contribution in [2.24, 2.45) is 5.92 Å². The van der Waals surface area contributed by atoms with Crippen LogP contribution < -0.4 is 5.32 Å². The van der Waals surface area contributed by atoms with Gasteiger partial charge in [0.1, 0.15) is 0 Å². The molecule has 1 N–H and O–H groups in total. The van der Waals surface area contributed by atoms with E-state index in [2.05, 4.69) is 25.2 Å². The van der Waals surface area contributed by atoms with E-state index in [1.54, 1.807) is 0 Å². The predicted molar refractivity (Wildman–Crippen MR) is 74.3 cm³/mol. The first-order valence-corrected chi connectivity index (χ1v) is 6.67. The van der Waals surface area contributed by atoms with Gasteiger partial charge in [0.05, 0.1) is 18.7 Å². The van der Waals surface area contributed by atoms with Gasteiger partial charge in [-0.05, 0) is 17.5 Å². The second-order valence-electron chi connectivity index (χ2n) is 5.04. The van der Waals surface area contributed by atoms with Crippen LogP contribution in [0.15, 0.2) is 24.3 Å². The standard InChI is InChI=1S/C15H19N3O/c1-3-11(2)14-15(19)17-13-7-5-4-6-12(13)10-18(14)9-8-16/h4-7,11,14H,3,9-10H2,1-2H3,(H,17,19)/t11-,14-/m0/s1. The number of carbonyl (C=O) groups excluding carboxylic acids is 1. The van der Waals surface area contributed by atoms with E-state index in [-0.39, 0.29) is 24.4 Å². The smallest absolute Gasteiger partial charge is 0.242 e. The largest absolute Gasteiger partial charge is 0.324 e. The molecule has 2 rings (SSSR count). The number of fused-ring (bicyclic) bond motifs is 1. The lowest BCUT2D eigenvalue weighted by molar-refractivity contribution is -0.122. The molecule has 4 heteroatoms. The van der Waals surface area contributed by atoms with Crippen LogP contribution >= 0.6 is 0 Å². The first kappa shape index (κ1) is 13.6. The topological polar surface area (TPSA) is 56.1 Å². The Morgan fingerprint density at radius 3 is 2.95 bits per heavy atom. The first-order valence-electron chi connectivity index (χ1n) is 6.67. The van der Waals surface area contributed by atoms with Crippen molar-refractivity contribution < 1.29 is 4.79 Å². The zero-order valence-corrected chi connectivity index (χ0v) is 11.4. The number of carbonyl (C=O) groups is 1. The average Bonchev–Trinajstić information content (AvgIpc) is 2.54. The van der Waals surface area contributed by atoms with Gasteiger partial charge in [-0.2, -0.15) is 5.26 Å².